The maximum atomic E-state index is 12.5. The van der Waals surface area contributed by atoms with Gasteiger partial charge >= 0.3 is 0 Å². The van der Waals surface area contributed by atoms with Gasteiger partial charge in [0.15, 0.2) is 0 Å². The molecule has 3 rings (SSSR count). The van der Waals surface area contributed by atoms with Gasteiger partial charge in [-0.1, -0.05) is 6.92 Å². The third-order valence-corrected chi connectivity index (χ3v) is 6.05. The molecule has 2 aliphatic carbocycles. The van der Waals surface area contributed by atoms with Gasteiger partial charge in [0.25, 0.3) is 0 Å². The fourth-order valence-electron chi connectivity index (χ4n) is 3.04. The van der Waals surface area contributed by atoms with Crippen LogP contribution in [0.1, 0.15) is 44.7 Å². The van der Waals surface area contributed by atoms with Crippen LogP contribution in [-0.4, -0.2) is 25.1 Å². The summed E-state index contributed by atoms with van der Waals surface area (Å²) in [4.78, 5) is 0.386. The van der Waals surface area contributed by atoms with Gasteiger partial charge in [0.05, 0.1) is 4.90 Å². The highest BCUT2D eigenvalue weighted by Gasteiger charge is 2.27. The predicted molar refractivity (Wildman–Crippen MR) is 82.4 cm³/mol. The fraction of sp³-hybridized carbons (Fsp3) is 0.733. The van der Waals surface area contributed by atoms with Gasteiger partial charge in [0, 0.05) is 37.6 Å². The van der Waals surface area contributed by atoms with E-state index in [0.29, 0.717) is 16.9 Å². The zero-order valence-electron chi connectivity index (χ0n) is 12.8. The lowest BCUT2D eigenvalue weighted by atomic mass is 10.1. The van der Waals surface area contributed by atoms with Crippen molar-refractivity contribution in [2.75, 3.05) is 0 Å². The lowest BCUT2D eigenvalue weighted by Crippen LogP contribution is -2.32. The van der Waals surface area contributed by atoms with Crippen molar-refractivity contribution in [2.24, 2.45) is 13.0 Å². The van der Waals surface area contributed by atoms with Crippen LogP contribution in [0.2, 0.25) is 0 Å². The fourth-order valence-corrected chi connectivity index (χ4v) is 4.41. The van der Waals surface area contributed by atoms with E-state index in [2.05, 4.69) is 17.0 Å². The van der Waals surface area contributed by atoms with Crippen LogP contribution in [0.4, 0.5) is 0 Å². The Balaban J connectivity index is 1.67. The molecule has 1 aromatic heterocycles. The number of aromatic nitrogens is 1. The second-order valence-corrected chi connectivity index (χ2v) is 8.38. The van der Waals surface area contributed by atoms with E-state index in [-0.39, 0.29) is 6.04 Å². The van der Waals surface area contributed by atoms with Crippen LogP contribution in [-0.2, 0) is 23.6 Å². The Morgan fingerprint density at radius 3 is 2.57 bits per heavy atom. The van der Waals surface area contributed by atoms with Crippen LogP contribution in [0.25, 0.3) is 0 Å². The summed E-state index contributed by atoms with van der Waals surface area (Å²) < 4.78 is 29.7. The lowest BCUT2D eigenvalue weighted by molar-refractivity contribution is 0.538. The smallest absolute Gasteiger partial charge is 0.242 e. The van der Waals surface area contributed by atoms with Crippen molar-refractivity contribution >= 4 is 10.0 Å². The Morgan fingerprint density at radius 2 is 1.95 bits per heavy atom. The van der Waals surface area contributed by atoms with E-state index < -0.39 is 10.0 Å². The van der Waals surface area contributed by atoms with Crippen molar-refractivity contribution in [3.63, 3.8) is 0 Å². The number of sulfonamides is 1. The molecule has 2 atom stereocenters. The largest absolute Gasteiger partial charge is 0.352 e. The number of nitrogens with one attached hydrogen (secondary N) is 2. The molecule has 2 aliphatic rings. The molecule has 5 nitrogen and oxygen atoms in total. The van der Waals surface area contributed by atoms with Gasteiger partial charge in [0.1, 0.15) is 0 Å². The highest BCUT2D eigenvalue weighted by atomic mass is 32.2. The number of hydrogen-bond donors (Lipinski definition) is 2. The third-order valence-electron chi connectivity index (χ3n) is 4.56. The summed E-state index contributed by atoms with van der Waals surface area (Å²) in [5.74, 6) is 0.617. The van der Waals surface area contributed by atoms with E-state index in [4.69, 9.17) is 0 Å². The molecule has 2 fully saturated rings. The molecule has 2 N–H and O–H groups in total. The zero-order valence-corrected chi connectivity index (χ0v) is 13.6. The summed E-state index contributed by atoms with van der Waals surface area (Å²) in [5, 5.41) is 3.42. The molecular weight excluding hydrogens is 286 g/mol. The Bertz CT molecular complexity index is 604. The predicted octanol–water partition coefficient (Wildman–Crippen LogP) is 1.74. The van der Waals surface area contributed by atoms with E-state index in [9.17, 15) is 8.42 Å². The number of aryl methyl sites for hydroxylation is 1. The summed E-state index contributed by atoms with van der Waals surface area (Å²) in [6.07, 6.45) is 7.18. The van der Waals surface area contributed by atoms with Gasteiger partial charge in [-0.15, -0.1) is 0 Å². The average molecular weight is 311 g/mol. The maximum absolute atomic E-state index is 12.5. The Kier molecular flexibility index (Phi) is 4.12. The molecule has 0 aromatic carbocycles. The highest BCUT2D eigenvalue weighted by molar-refractivity contribution is 7.89. The molecule has 2 unspecified atom stereocenters. The summed E-state index contributed by atoms with van der Waals surface area (Å²) in [6, 6.07) is 2.51. The molecule has 21 heavy (non-hydrogen) atoms. The summed E-state index contributed by atoms with van der Waals surface area (Å²) in [7, 11) is -1.49. The summed E-state index contributed by atoms with van der Waals surface area (Å²) in [6.45, 7) is 2.91. The minimum atomic E-state index is -3.39. The molecule has 118 valence electrons. The van der Waals surface area contributed by atoms with Crippen molar-refractivity contribution in [2.45, 2.75) is 62.6 Å². The molecule has 0 radical (unpaired) electrons. The first-order valence-corrected chi connectivity index (χ1v) is 9.33. The minimum Gasteiger partial charge on any atom is -0.352 e. The second kappa shape index (κ2) is 5.74. The zero-order chi connectivity index (χ0) is 15.0. The summed E-state index contributed by atoms with van der Waals surface area (Å²) >= 11 is 0. The van der Waals surface area contributed by atoms with Gasteiger partial charge in [-0.3, -0.25) is 0 Å². The lowest BCUT2D eigenvalue weighted by Gasteiger charge is -2.11. The normalized spacial score (nSPS) is 26.4. The number of nitrogens with zero attached hydrogens (tertiary/aromatic N) is 1. The van der Waals surface area contributed by atoms with Crippen molar-refractivity contribution in [3.05, 3.63) is 18.0 Å². The number of rotatable bonds is 6. The first kappa shape index (κ1) is 15.1. The molecule has 1 heterocycles. The van der Waals surface area contributed by atoms with Crippen LogP contribution < -0.4 is 10.0 Å². The molecular formula is C15H25N3O2S. The van der Waals surface area contributed by atoms with Crippen LogP contribution in [0, 0.1) is 5.92 Å². The van der Waals surface area contributed by atoms with Gasteiger partial charge in [-0.2, -0.15) is 0 Å². The Morgan fingerprint density at radius 1 is 1.24 bits per heavy atom. The van der Waals surface area contributed by atoms with Gasteiger partial charge in [0.2, 0.25) is 10.0 Å². The maximum Gasteiger partial charge on any atom is 0.242 e. The van der Waals surface area contributed by atoms with Crippen molar-refractivity contribution < 1.29 is 8.42 Å². The van der Waals surface area contributed by atoms with Crippen LogP contribution >= 0.6 is 0 Å². The topological polar surface area (TPSA) is 63.1 Å². The first-order chi connectivity index (χ1) is 9.94. The molecule has 0 aliphatic heterocycles. The highest BCUT2D eigenvalue weighted by Crippen LogP contribution is 2.26. The summed E-state index contributed by atoms with van der Waals surface area (Å²) in [5.41, 5.74) is 1.02. The molecule has 0 saturated heterocycles. The standard InChI is InChI=1S/C15H25N3O2S/c1-11-3-4-13(7-11)17-21(19,20)15-8-14(18(2)10-15)9-16-12-5-6-12/h8,10-13,16-17H,3-7,9H2,1-2H3. The van der Waals surface area contributed by atoms with Crippen molar-refractivity contribution in [1.29, 1.82) is 0 Å². The van der Waals surface area contributed by atoms with Gasteiger partial charge in [-0.05, 0) is 44.1 Å². The SMILES string of the molecule is CC1CCC(NS(=O)(=O)c2cc(CNC3CC3)n(C)c2)C1. The molecule has 0 spiro atoms. The molecule has 1 aromatic rings. The van der Waals surface area contributed by atoms with E-state index in [1.54, 1.807) is 12.3 Å². The van der Waals surface area contributed by atoms with Crippen LogP contribution in [0.5, 0.6) is 0 Å². The average Bonchev–Trinajstić information content (AvgIpc) is 3.04. The second-order valence-electron chi connectivity index (χ2n) is 6.67. The number of hydrogen-bond acceptors (Lipinski definition) is 3. The minimum absolute atomic E-state index is 0.0956. The Hall–Kier alpha value is -0.850. The van der Waals surface area contributed by atoms with Gasteiger partial charge in [-0.25, -0.2) is 13.1 Å². The molecule has 0 bridgehead atoms. The third kappa shape index (κ3) is 3.67. The monoisotopic (exact) mass is 311 g/mol. The first-order valence-electron chi connectivity index (χ1n) is 7.85. The van der Waals surface area contributed by atoms with Crippen LogP contribution in [0.15, 0.2) is 17.2 Å². The van der Waals surface area contributed by atoms with Crippen LogP contribution in [0.3, 0.4) is 0 Å². The van der Waals surface area contributed by atoms with Crippen molar-refractivity contribution in [3.8, 4) is 0 Å². The van der Waals surface area contributed by atoms with Gasteiger partial charge < -0.3 is 9.88 Å². The molecule has 0 amide bonds. The molecule has 6 heteroatoms. The van der Waals surface area contributed by atoms with E-state index in [0.717, 1.165) is 31.5 Å². The van der Waals surface area contributed by atoms with E-state index in [1.165, 1.54) is 12.8 Å². The van der Waals surface area contributed by atoms with E-state index in [1.807, 2.05) is 11.6 Å². The van der Waals surface area contributed by atoms with Crippen molar-refractivity contribution in [1.82, 2.24) is 14.6 Å². The van der Waals surface area contributed by atoms with E-state index >= 15 is 0 Å². The quantitative estimate of drug-likeness (QED) is 0.841. The molecule has 2 saturated carbocycles. The Labute approximate surface area is 127 Å².